The van der Waals surface area contributed by atoms with Crippen LogP contribution in [0.1, 0.15) is 36.2 Å². The van der Waals surface area contributed by atoms with Crippen molar-refractivity contribution in [1.82, 2.24) is 0 Å². The number of benzene rings is 1. The summed E-state index contributed by atoms with van der Waals surface area (Å²) >= 11 is 4.22. The summed E-state index contributed by atoms with van der Waals surface area (Å²) in [6, 6.07) is 5.76. The minimum atomic E-state index is 0.202. The van der Waals surface area contributed by atoms with Crippen molar-refractivity contribution in [2.24, 2.45) is 0 Å². The fourth-order valence-corrected chi connectivity index (χ4v) is 1.53. The largest absolute Gasteiger partial charge is 0.294 e. The molecule has 0 unspecified atom stereocenters. The maximum Gasteiger partial charge on any atom is 0.162 e. The molecule has 0 fully saturated rings. The first-order valence-electron chi connectivity index (χ1n) is 4.54. The predicted molar refractivity (Wildman–Crippen MR) is 57.7 cm³/mol. The third kappa shape index (κ3) is 2.34. The Bertz CT molecular complexity index is 318. The number of aryl methyl sites for hydroxylation is 1. The molecule has 1 nitrogen and oxygen atoms in total. The van der Waals surface area contributed by atoms with Gasteiger partial charge in [-0.3, -0.25) is 4.79 Å². The van der Waals surface area contributed by atoms with Gasteiger partial charge in [0, 0.05) is 16.9 Å². The number of ketones is 1. The lowest BCUT2D eigenvalue weighted by Gasteiger charge is -2.05. The summed E-state index contributed by atoms with van der Waals surface area (Å²) in [5.41, 5.74) is 1.95. The molecule has 0 atom stereocenters. The number of thiol groups is 1. The predicted octanol–water partition coefficient (Wildman–Crippen LogP) is 3.13. The van der Waals surface area contributed by atoms with E-state index in [1.807, 2.05) is 25.1 Å². The van der Waals surface area contributed by atoms with E-state index in [2.05, 4.69) is 19.6 Å². The van der Waals surface area contributed by atoms with Gasteiger partial charge in [0.2, 0.25) is 0 Å². The zero-order chi connectivity index (χ0) is 9.84. The summed E-state index contributed by atoms with van der Waals surface area (Å²) < 4.78 is 0. The minimum Gasteiger partial charge on any atom is -0.294 e. The zero-order valence-corrected chi connectivity index (χ0v) is 8.90. The second kappa shape index (κ2) is 4.47. The summed E-state index contributed by atoms with van der Waals surface area (Å²) in [6.07, 6.45) is 1.46. The van der Waals surface area contributed by atoms with Gasteiger partial charge in [-0.1, -0.05) is 19.9 Å². The quantitative estimate of drug-likeness (QED) is 0.578. The van der Waals surface area contributed by atoms with Crippen LogP contribution in [-0.4, -0.2) is 5.78 Å². The molecule has 0 amide bonds. The van der Waals surface area contributed by atoms with Crippen LogP contribution in [0.3, 0.4) is 0 Å². The van der Waals surface area contributed by atoms with Crippen molar-refractivity contribution in [3.8, 4) is 0 Å². The smallest absolute Gasteiger partial charge is 0.162 e. The van der Waals surface area contributed by atoms with Gasteiger partial charge in [0.05, 0.1) is 0 Å². The maximum absolute atomic E-state index is 11.5. The van der Waals surface area contributed by atoms with E-state index in [-0.39, 0.29) is 5.78 Å². The van der Waals surface area contributed by atoms with Crippen molar-refractivity contribution >= 4 is 18.4 Å². The van der Waals surface area contributed by atoms with Gasteiger partial charge in [0.1, 0.15) is 0 Å². The fourth-order valence-electron chi connectivity index (χ4n) is 1.32. The number of rotatable bonds is 3. The molecular weight excluding hydrogens is 180 g/mol. The van der Waals surface area contributed by atoms with Gasteiger partial charge >= 0.3 is 0 Å². The molecule has 13 heavy (non-hydrogen) atoms. The first kappa shape index (κ1) is 10.3. The van der Waals surface area contributed by atoms with Gasteiger partial charge in [-0.15, -0.1) is 12.6 Å². The minimum absolute atomic E-state index is 0.202. The Kier molecular flexibility index (Phi) is 3.55. The average molecular weight is 194 g/mol. The number of carbonyl (C=O) groups is 1. The van der Waals surface area contributed by atoms with E-state index in [0.29, 0.717) is 6.42 Å². The van der Waals surface area contributed by atoms with E-state index >= 15 is 0 Å². The highest BCUT2D eigenvalue weighted by Crippen LogP contribution is 2.16. The maximum atomic E-state index is 11.5. The third-order valence-electron chi connectivity index (χ3n) is 2.10. The fraction of sp³-hybridized carbons (Fsp3) is 0.364. The van der Waals surface area contributed by atoms with Gasteiger partial charge in [-0.05, 0) is 24.1 Å². The lowest BCUT2D eigenvalue weighted by atomic mass is 10.0. The van der Waals surface area contributed by atoms with Gasteiger partial charge in [-0.25, -0.2) is 0 Å². The van der Waals surface area contributed by atoms with E-state index in [0.717, 1.165) is 22.4 Å². The van der Waals surface area contributed by atoms with Crippen LogP contribution in [0, 0.1) is 0 Å². The molecule has 0 saturated heterocycles. The Morgan fingerprint density at radius 2 is 2.08 bits per heavy atom. The summed E-state index contributed by atoms with van der Waals surface area (Å²) in [7, 11) is 0. The van der Waals surface area contributed by atoms with E-state index < -0.39 is 0 Å². The van der Waals surface area contributed by atoms with E-state index in [1.54, 1.807) is 0 Å². The number of hydrogen-bond acceptors (Lipinski definition) is 2. The SMILES string of the molecule is CCC(=O)c1cc(S)ccc1CC. The standard InChI is InChI=1S/C11H14OS/c1-3-8-5-6-9(13)7-10(8)11(12)4-2/h5-7,13H,3-4H2,1-2H3. The van der Waals surface area contributed by atoms with Crippen molar-refractivity contribution < 1.29 is 4.79 Å². The van der Waals surface area contributed by atoms with Crippen LogP contribution < -0.4 is 0 Å². The Balaban J connectivity index is 3.15. The molecule has 0 bridgehead atoms. The van der Waals surface area contributed by atoms with E-state index in [9.17, 15) is 4.79 Å². The molecule has 0 heterocycles. The molecule has 0 aromatic heterocycles. The molecule has 1 aromatic rings. The monoisotopic (exact) mass is 194 g/mol. The van der Waals surface area contributed by atoms with Crippen LogP contribution >= 0.6 is 12.6 Å². The molecular formula is C11H14OS. The molecule has 0 aliphatic rings. The van der Waals surface area contributed by atoms with Gasteiger partial charge in [0.25, 0.3) is 0 Å². The Morgan fingerprint density at radius 3 is 2.62 bits per heavy atom. The van der Waals surface area contributed by atoms with Crippen molar-refractivity contribution in [3.05, 3.63) is 29.3 Å². The molecule has 0 saturated carbocycles. The van der Waals surface area contributed by atoms with Gasteiger partial charge < -0.3 is 0 Å². The highest BCUT2D eigenvalue weighted by Gasteiger charge is 2.07. The Morgan fingerprint density at radius 1 is 1.38 bits per heavy atom. The number of hydrogen-bond donors (Lipinski definition) is 1. The summed E-state index contributed by atoms with van der Waals surface area (Å²) in [5.74, 6) is 0.202. The average Bonchev–Trinajstić information content (AvgIpc) is 2.16. The third-order valence-corrected chi connectivity index (χ3v) is 2.37. The van der Waals surface area contributed by atoms with Gasteiger partial charge in [0.15, 0.2) is 5.78 Å². The summed E-state index contributed by atoms with van der Waals surface area (Å²) in [5, 5.41) is 0. The van der Waals surface area contributed by atoms with Crippen molar-refractivity contribution in [2.75, 3.05) is 0 Å². The van der Waals surface area contributed by atoms with Crippen molar-refractivity contribution in [2.45, 2.75) is 31.6 Å². The number of carbonyl (C=O) groups excluding carboxylic acids is 1. The molecule has 0 radical (unpaired) electrons. The second-order valence-electron chi connectivity index (χ2n) is 2.97. The van der Waals surface area contributed by atoms with Crippen LogP contribution in [0.5, 0.6) is 0 Å². The molecule has 0 N–H and O–H groups in total. The van der Waals surface area contributed by atoms with Crippen LogP contribution in [0.2, 0.25) is 0 Å². The molecule has 0 aliphatic heterocycles. The highest BCUT2D eigenvalue weighted by atomic mass is 32.1. The summed E-state index contributed by atoms with van der Waals surface area (Å²) in [6.45, 7) is 3.94. The zero-order valence-electron chi connectivity index (χ0n) is 8.00. The lowest BCUT2D eigenvalue weighted by Crippen LogP contribution is -2.01. The Labute approximate surface area is 84.6 Å². The second-order valence-corrected chi connectivity index (χ2v) is 3.49. The molecule has 0 aliphatic carbocycles. The molecule has 70 valence electrons. The van der Waals surface area contributed by atoms with Crippen molar-refractivity contribution in [1.29, 1.82) is 0 Å². The van der Waals surface area contributed by atoms with Crippen molar-refractivity contribution in [3.63, 3.8) is 0 Å². The molecule has 0 spiro atoms. The normalized spacial score (nSPS) is 10.1. The first-order chi connectivity index (χ1) is 6.19. The molecule has 1 aromatic carbocycles. The molecule has 2 heteroatoms. The first-order valence-corrected chi connectivity index (χ1v) is 4.98. The highest BCUT2D eigenvalue weighted by molar-refractivity contribution is 7.80. The van der Waals surface area contributed by atoms with Gasteiger partial charge in [-0.2, -0.15) is 0 Å². The summed E-state index contributed by atoms with van der Waals surface area (Å²) in [4.78, 5) is 12.4. The van der Waals surface area contributed by atoms with E-state index in [1.165, 1.54) is 0 Å². The molecule has 1 rings (SSSR count). The van der Waals surface area contributed by atoms with Crippen LogP contribution in [0.25, 0.3) is 0 Å². The topological polar surface area (TPSA) is 17.1 Å². The number of Topliss-reactive ketones (excluding diaryl/α,β-unsaturated/α-hetero) is 1. The van der Waals surface area contributed by atoms with E-state index in [4.69, 9.17) is 0 Å². The Hall–Kier alpha value is -0.760. The van der Waals surface area contributed by atoms with Crippen LogP contribution in [-0.2, 0) is 6.42 Å². The van der Waals surface area contributed by atoms with Crippen LogP contribution in [0.15, 0.2) is 23.1 Å². The lowest BCUT2D eigenvalue weighted by molar-refractivity contribution is 0.0987. The van der Waals surface area contributed by atoms with Crippen LogP contribution in [0.4, 0.5) is 0 Å².